The van der Waals surface area contributed by atoms with E-state index in [0.29, 0.717) is 27.2 Å². The van der Waals surface area contributed by atoms with Gasteiger partial charge in [0.1, 0.15) is 16.2 Å². The first-order chi connectivity index (χ1) is 15.1. The lowest BCUT2D eigenvalue weighted by molar-refractivity contribution is -0.113. The molecule has 3 aromatic heterocycles. The molecular formula is C21H19N5O3S2. The first-order valence-electron chi connectivity index (χ1n) is 9.51. The predicted molar refractivity (Wildman–Crippen MR) is 121 cm³/mol. The van der Waals surface area contributed by atoms with Crippen molar-refractivity contribution in [1.82, 2.24) is 19.7 Å². The largest absolute Gasteiger partial charge is 0.462 e. The van der Waals surface area contributed by atoms with E-state index in [1.54, 1.807) is 23.9 Å². The van der Waals surface area contributed by atoms with Crippen LogP contribution in [0.3, 0.4) is 0 Å². The highest BCUT2D eigenvalue weighted by Crippen LogP contribution is 2.29. The number of fused-ring (bicyclic) bond motifs is 1. The van der Waals surface area contributed by atoms with E-state index in [1.807, 2.05) is 37.3 Å². The molecule has 0 spiro atoms. The number of hydrogen-bond acceptors (Lipinski definition) is 8. The maximum Gasteiger partial charge on any atom is 0.348 e. The number of hydrogen-bond donors (Lipinski definition) is 1. The monoisotopic (exact) mass is 453 g/mol. The molecule has 0 atom stereocenters. The van der Waals surface area contributed by atoms with E-state index in [2.05, 4.69) is 20.4 Å². The van der Waals surface area contributed by atoms with Crippen LogP contribution >= 0.6 is 23.1 Å². The number of rotatable bonds is 7. The molecule has 158 valence electrons. The van der Waals surface area contributed by atoms with Crippen molar-refractivity contribution in [3.05, 3.63) is 59.4 Å². The number of nitrogens with zero attached hydrogens (tertiary/aromatic N) is 4. The van der Waals surface area contributed by atoms with Gasteiger partial charge in [0.05, 0.1) is 34.6 Å². The number of thioether (sulfide) groups is 1. The molecule has 1 N–H and O–H groups in total. The molecule has 0 aliphatic heterocycles. The molecule has 0 bridgehead atoms. The van der Waals surface area contributed by atoms with Gasteiger partial charge in [-0.3, -0.25) is 4.79 Å². The van der Waals surface area contributed by atoms with Crippen LogP contribution in [0, 0.1) is 6.92 Å². The molecule has 4 rings (SSSR count). The highest BCUT2D eigenvalue weighted by atomic mass is 32.2. The second-order valence-electron chi connectivity index (χ2n) is 6.49. The molecule has 0 saturated carbocycles. The summed E-state index contributed by atoms with van der Waals surface area (Å²) in [7, 11) is 0. The Balaban J connectivity index is 1.45. The summed E-state index contributed by atoms with van der Waals surface area (Å²) in [5, 5.41) is 9.32. The highest BCUT2D eigenvalue weighted by molar-refractivity contribution is 8.00. The van der Waals surface area contributed by atoms with E-state index in [9.17, 15) is 9.59 Å². The minimum atomic E-state index is -0.376. The second-order valence-corrected chi connectivity index (χ2v) is 8.50. The lowest BCUT2D eigenvalue weighted by Crippen LogP contribution is -2.13. The average molecular weight is 454 g/mol. The average Bonchev–Trinajstić information content (AvgIpc) is 3.36. The number of ether oxygens (including phenoxy) is 1. The maximum absolute atomic E-state index is 12.5. The van der Waals surface area contributed by atoms with Crippen molar-refractivity contribution in [3.63, 3.8) is 0 Å². The summed E-state index contributed by atoms with van der Waals surface area (Å²) in [6.45, 7) is 3.88. The zero-order valence-corrected chi connectivity index (χ0v) is 18.5. The number of aromatic nitrogens is 4. The molecule has 0 fully saturated rings. The normalized spacial score (nSPS) is 10.9. The van der Waals surface area contributed by atoms with E-state index >= 15 is 0 Å². The molecule has 0 unspecified atom stereocenters. The van der Waals surface area contributed by atoms with E-state index in [-0.39, 0.29) is 17.6 Å². The van der Waals surface area contributed by atoms with Crippen LogP contribution in [0.15, 0.2) is 53.9 Å². The number of para-hydroxylation sites is 1. The van der Waals surface area contributed by atoms with Gasteiger partial charge >= 0.3 is 5.97 Å². The Morgan fingerprint density at radius 1 is 1.23 bits per heavy atom. The smallest absolute Gasteiger partial charge is 0.348 e. The molecule has 0 saturated heterocycles. The number of anilines is 1. The summed E-state index contributed by atoms with van der Waals surface area (Å²) in [4.78, 5) is 33.6. The molecule has 1 amide bonds. The van der Waals surface area contributed by atoms with Crippen molar-refractivity contribution in [2.24, 2.45) is 0 Å². The van der Waals surface area contributed by atoms with Gasteiger partial charge in [0.25, 0.3) is 0 Å². The first-order valence-corrected chi connectivity index (χ1v) is 11.3. The second kappa shape index (κ2) is 9.27. The lowest BCUT2D eigenvalue weighted by Gasteiger charge is -2.04. The molecule has 4 aromatic rings. The van der Waals surface area contributed by atoms with Gasteiger partial charge in [-0.2, -0.15) is 5.10 Å². The summed E-state index contributed by atoms with van der Waals surface area (Å²) in [5.74, 6) is -0.406. The van der Waals surface area contributed by atoms with Crippen LogP contribution < -0.4 is 5.32 Å². The van der Waals surface area contributed by atoms with E-state index in [0.717, 1.165) is 16.6 Å². The number of esters is 1. The van der Waals surface area contributed by atoms with Crippen molar-refractivity contribution >= 4 is 51.0 Å². The van der Waals surface area contributed by atoms with Crippen LogP contribution in [-0.2, 0) is 9.53 Å². The molecule has 1 aromatic carbocycles. The van der Waals surface area contributed by atoms with Gasteiger partial charge in [0.2, 0.25) is 5.91 Å². The summed E-state index contributed by atoms with van der Waals surface area (Å²) in [6.07, 6.45) is 3.18. The summed E-state index contributed by atoms with van der Waals surface area (Å²) in [6, 6.07) is 11.5. The SMILES string of the molecule is CCOC(=O)c1sc(NC(=O)CSc2ncnc3c2cnn3-c2ccccc2)cc1C. The van der Waals surface area contributed by atoms with Gasteiger partial charge in [-0.25, -0.2) is 19.4 Å². The van der Waals surface area contributed by atoms with Crippen molar-refractivity contribution in [2.45, 2.75) is 18.9 Å². The Bertz CT molecular complexity index is 1240. The van der Waals surface area contributed by atoms with Crippen LogP contribution in [0.4, 0.5) is 5.00 Å². The molecule has 0 radical (unpaired) electrons. The Labute approximate surface area is 186 Å². The Morgan fingerprint density at radius 2 is 2.03 bits per heavy atom. The third-order valence-electron chi connectivity index (χ3n) is 4.31. The molecule has 3 heterocycles. The number of aryl methyl sites for hydroxylation is 1. The van der Waals surface area contributed by atoms with Gasteiger partial charge in [-0.15, -0.1) is 11.3 Å². The Hall–Kier alpha value is -3.24. The third-order valence-corrected chi connectivity index (χ3v) is 6.45. The van der Waals surface area contributed by atoms with Crippen molar-refractivity contribution in [2.75, 3.05) is 17.7 Å². The Kier molecular flexibility index (Phi) is 6.28. The minimum absolute atomic E-state index is 0.161. The van der Waals surface area contributed by atoms with Crippen LogP contribution in [0.1, 0.15) is 22.2 Å². The summed E-state index contributed by atoms with van der Waals surface area (Å²) < 4.78 is 6.78. The lowest BCUT2D eigenvalue weighted by atomic mass is 10.3. The number of nitrogens with one attached hydrogen (secondary N) is 1. The van der Waals surface area contributed by atoms with Gasteiger partial charge < -0.3 is 10.1 Å². The van der Waals surface area contributed by atoms with Gasteiger partial charge in [-0.05, 0) is 37.6 Å². The van der Waals surface area contributed by atoms with Crippen LogP contribution in [0.5, 0.6) is 0 Å². The predicted octanol–water partition coefficient (Wildman–Crippen LogP) is 4.09. The van der Waals surface area contributed by atoms with Crippen LogP contribution in [0.2, 0.25) is 0 Å². The topological polar surface area (TPSA) is 99.0 Å². The van der Waals surface area contributed by atoms with Crippen LogP contribution in [0.25, 0.3) is 16.7 Å². The fourth-order valence-corrected chi connectivity index (χ4v) is 4.69. The van der Waals surface area contributed by atoms with Crippen LogP contribution in [-0.4, -0.2) is 44.0 Å². The molecular weight excluding hydrogens is 434 g/mol. The fraction of sp³-hybridized carbons (Fsp3) is 0.190. The number of carbonyl (C=O) groups is 2. The van der Waals surface area contributed by atoms with E-state index in [4.69, 9.17) is 4.74 Å². The maximum atomic E-state index is 12.5. The van der Waals surface area contributed by atoms with E-state index < -0.39 is 0 Å². The molecule has 10 heteroatoms. The summed E-state index contributed by atoms with van der Waals surface area (Å²) >= 11 is 2.51. The Morgan fingerprint density at radius 3 is 2.81 bits per heavy atom. The van der Waals surface area contributed by atoms with Gasteiger partial charge in [0.15, 0.2) is 5.65 Å². The number of thiophene rings is 1. The fourth-order valence-electron chi connectivity index (χ4n) is 2.95. The minimum Gasteiger partial charge on any atom is -0.462 e. The van der Waals surface area contributed by atoms with Crippen molar-refractivity contribution in [3.8, 4) is 5.69 Å². The van der Waals surface area contributed by atoms with Crippen molar-refractivity contribution < 1.29 is 14.3 Å². The number of amides is 1. The molecule has 0 aliphatic carbocycles. The zero-order valence-electron chi connectivity index (χ0n) is 16.9. The standard InChI is InChI=1S/C21H19N5O3S2/c1-3-29-21(28)18-13(2)9-17(31-18)25-16(27)11-30-20-15-10-24-26(19(15)22-12-23-20)14-7-5-4-6-8-14/h4-10,12H,3,11H2,1-2H3,(H,25,27). The van der Waals surface area contributed by atoms with E-state index in [1.165, 1.54) is 29.4 Å². The number of benzene rings is 1. The van der Waals surface area contributed by atoms with Gasteiger partial charge in [-0.1, -0.05) is 30.0 Å². The number of carbonyl (C=O) groups excluding carboxylic acids is 2. The molecule has 31 heavy (non-hydrogen) atoms. The highest BCUT2D eigenvalue weighted by Gasteiger charge is 2.17. The molecule has 8 nitrogen and oxygen atoms in total. The quantitative estimate of drug-likeness (QED) is 0.256. The third kappa shape index (κ3) is 4.59. The summed E-state index contributed by atoms with van der Waals surface area (Å²) in [5.41, 5.74) is 2.35. The zero-order chi connectivity index (χ0) is 21.8. The molecule has 0 aliphatic rings. The van der Waals surface area contributed by atoms with Crippen molar-refractivity contribution in [1.29, 1.82) is 0 Å². The van der Waals surface area contributed by atoms with Gasteiger partial charge in [0, 0.05) is 0 Å². The first kappa shape index (κ1) is 21.0.